The van der Waals surface area contributed by atoms with Gasteiger partial charge in [0.25, 0.3) is 0 Å². The Morgan fingerprint density at radius 1 is 1.43 bits per heavy atom. The minimum Gasteiger partial charge on any atom is -0.395 e. The first-order valence-corrected chi connectivity index (χ1v) is 7.35. The van der Waals surface area contributed by atoms with Crippen LogP contribution in [0.2, 0.25) is 0 Å². The van der Waals surface area contributed by atoms with Crippen LogP contribution in [0.3, 0.4) is 0 Å². The molecule has 1 N–H and O–H groups in total. The number of hydrogen-bond acceptors (Lipinski definition) is 3. The van der Waals surface area contributed by atoms with Crippen LogP contribution in [0.15, 0.2) is 18.2 Å². The molecular formula is C17H22FNO2. The molecule has 1 aromatic rings. The highest BCUT2D eigenvalue weighted by molar-refractivity contribution is 5.37. The van der Waals surface area contributed by atoms with Crippen molar-refractivity contribution in [2.45, 2.75) is 31.9 Å². The van der Waals surface area contributed by atoms with Gasteiger partial charge in [-0.2, -0.15) is 0 Å². The van der Waals surface area contributed by atoms with Gasteiger partial charge >= 0.3 is 0 Å². The predicted octanol–water partition coefficient (Wildman–Crippen LogP) is 2.17. The van der Waals surface area contributed by atoms with E-state index in [4.69, 9.17) is 9.84 Å². The number of likely N-dealkylation sites (tertiary alicyclic amines) is 1. The van der Waals surface area contributed by atoms with Crippen molar-refractivity contribution in [1.82, 2.24) is 4.90 Å². The van der Waals surface area contributed by atoms with E-state index in [1.54, 1.807) is 13.2 Å². The van der Waals surface area contributed by atoms with Crippen molar-refractivity contribution in [2.75, 3.05) is 26.8 Å². The molecule has 114 valence electrons. The molecule has 21 heavy (non-hydrogen) atoms. The minimum atomic E-state index is -0.263. The molecule has 2 rings (SSSR count). The predicted molar refractivity (Wildman–Crippen MR) is 80.3 cm³/mol. The molecule has 4 heteroatoms. The first kappa shape index (κ1) is 16.0. The quantitative estimate of drug-likeness (QED) is 0.863. The number of methoxy groups -OCH3 is 1. The average Bonchev–Trinajstić information content (AvgIpc) is 2.47. The molecule has 0 saturated carbocycles. The molecule has 1 aliphatic rings. The van der Waals surface area contributed by atoms with Gasteiger partial charge in [-0.25, -0.2) is 4.39 Å². The number of piperidine rings is 1. The summed E-state index contributed by atoms with van der Waals surface area (Å²) in [6, 6.07) is 4.92. The van der Waals surface area contributed by atoms with E-state index >= 15 is 0 Å². The number of halogens is 1. The van der Waals surface area contributed by atoms with Crippen LogP contribution in [-0.2, 0) is 11.3 Å². The molecule has 0 radical (unpaired) electrons. The van der Waals surface area contributed by atoms with Crippen LogP contribution >= 0.6 is 0 Å². The number of ether oxygens (including phenoxy) is 1. The fraction of sp³-hybridized carbons (Fsp3) is 0.529. The second kappa shape index (κ2) is 8.14. The lowest BCUT2D eigenvalue weighted by molar-refractivity contribution is 0.0285. The van der Waals surface area contributed by atoms with Crippen LogP contribution in [0.1, 0.15) is 30.4 Å². The monoisotopic (exact) mass is 291 g/mol. The van der Waals surface area contributed by atoms with Crippen molar-refractivity contribution in [2.24, 2.45) is 0 Å². The van der Waals surface area contributed by atoms with Crippen LogP contribution in [0.25, 0.3) is 0 Å². The minimum absolute atomic E-state index is 0.0291. The molecule has 3 nitrogen and oxygen atoms in total. The molecule has 1 saturated heterocycles. The summed E-state index contributed by atoms with van der Waals surface area (Å²) in [5.41, 5.74) is 1.60. The second-order valence-electron chi connectivity index (χ2n) is 5.36. The molecule has 0 aromatic heterocycles. The summed E-state index contributed by atoms with van der Waals surface area (Å²) >= 11 is 0. The smallest absolute Gasteiger partial charge is 0.124 e. The third kappa shape index (κ3) is 5.13. The standard InChI is InChI=1S/C17H22FNO2/c1-21-17-6-4-7-19(13-17)12-15-9-14(5-2-3-8-20)10-16(18)11-15/h9-11,17,20H,3-4,6-8,12-13H2,1H3. The Kier molecular flexibility index (Phi) is 6.19. The molecule has 1 aliphatic heterocycles. The van der Waals surface area contributed by atoms with Crippen LogP contribution in [-0.4, -0.2) is 42.9 Å². The van der Waals surface area contributed by atoms with Crippen LogP contribution in [0.5, 0.6) is 0 Å². The number of aliphatic hydroxyl groups excluding tert-OH is 1. The SMILES string of the molecule is COC1CCCN(Cc2cc(F)cc(C#CCCO)c2)C1. The third-order valence-electron chi connectivity index (χ3n) is 3.63. The average molecular weight is 291 g/mol. The number of hydrogen-bond donors (Lipinski definition) is 1. The lowest BCUT2D eigenvalue weighted by Crippen LogP contribution is -2.38. The summed E-state index contributed by atoms with van der Waals surface area (Å²) in [6.45, 7) is 2.65. The molecule has 1 aromatic carbocycles. The van der Waals surface area contributed by atoms with Crippen molar-refractivity contribution in [3.63, 3.8) is 0 Å². The number of benzene rings is 1. The third-order valence-corrected chi connectivity index (χ3v) is 3.63. The zero-order valence-corrected chi connectivity index (χ0v) is 12.4. The Labute approximate surface area is 125 Å². The Balaban J connectivity index is 2.04. The summed E-state index contributed by atoms with van der Waals surface area (Å²) in [5.74, 6) is 5.45. The zero-order chi connectivity index (χ0) is 15.1. The van der Waals surface area contributed by atoms with Crippen LogP contribution in [0, 0.1) is 17.7 Å². The Hall–Kier alpha value is -1.41. The lowest BCUT2D eigenvalue weighted by Gasteiger charge is -2.31. The Morgan fingerprint density at radius 2 is 2.29 bits per heavy atom. The van der Waals surface area contributed by atoms with Crippen molar-refractivity contribution in [1.29, 1.82) is 0 Å². The largest absolute Gasteiger partial charge is 0.395 e. The van der Waals surface area contributed by atoms with E-state index in [9.17, 15) is 4.39 Å². The number of nitrogens with zero attached hydrogens (tertiary/aromatic N) is 1. The van der Waals surface area contributed by atoms with Gasteiger partial charge in [0.05, 0.1) is 12.7 Å². The maximum Gasteiger partial charge on any atom is 0.124 e. The zero-order valence-electron chi connectivity index (χ0n) is 12.4. The number of rotatable bonds is 4. The molecule has 0 amide bonds. The van der Waals surface area contributed by atoms with Gasteiger partial charge < -0.3 is 9.84 Å². The van der Waals surface area contributed by atoms with Gasteiger partial charge in [0.1, 0.15) is 5.82 Å². The summed E-state index contributed by atoms with van der Waals surface area (Å²) in [4.78, 5) is 2.29. The molecule has 0 bridgehead atoms. The maximum absolute atomic E-state index is 13.7. The van der Waals surface area contributed by atoms with E-state index in [0.717, 1.165) is 31.5 Å². The van der Waals surface area contributed by atoms with Gasteiger partial charge in [-0.15, -0.1) is 0 Å². The topological polar surface area (TPSA) is 32.7 Å². The van der Waals surface area contributed by atoms with Gasteiger partial charge in [-0.3, -0.25) is 4.90 Å². The van der Waals surface area contributed by atoms with Crippen molar-refractivity contribution < 1.29 is 14.2 Å². The number of aliphatic hydroxyl groups is 1. The van der Waals surface area contributed by atoms with E-state index in [1.165, 1.54) is 6.07 Å². The van der Waals surface area contributed by atoms with E-state index in [-0.39, 0.29) is 18.5 Å². The summed E-state index contributed by atoms with van der Waals surface area (Å²) in [5, 5.41) is 8.72. The summed E-state index contributed by atoms with van der Waals surface area (Å²) < 4.78 is 19.1. The van der Waals surface area contributed by atoms with E-state index in [0.29, 0.717) is 18.5 Å². The van der Waals surface area contributed by atoms with E-state index in [1.807, 2.05) is 6.07 Å². The van der Waals surface area contributed by atoms with Crippen molar-refractivity contribution in [3.8, 4) is 11.8 Å². The van der Waals surface area contributed by atoms with Gasteiger partial charge in [0.15, 0.2) is 0 Å². The second-order valence-corrected chi connectivity index (χ2v) is 5.36. The van der Waals surface area contributed by atoms with Crippen molar-refractivity contribution >= 4 is 0 Å². The molecule has 1 heterocycles. The van der Waals surface area contributed by atoms with Crippen molar-refractivity contribution in [3.05, 3.63) is 35.1 Å². The molecule has 0 aliphatic carbocycles. The van der Waals surface area contributed by atoms with Gasteiger partial charge in [-0.1, -0.05) is 11.8 Å². The normalized spacial score (nSPS) is 19.1. The Bertz CT molecular complexity index is 521. The molecule has 0 spiro atoms. The Morgan fingerprint density at radius 3 is 3.05 bits per heavy atom. The van der Waals surface area contributed by atoms with Crippen LogP contribution < -0.4 is 0 Å². The lowest BCUT2D eigenvalue weighted by atomic mass is 10.1. The van der Waals surface area contributed by atoms with Crippen LogP contribution in [0.4, 0.5) is 4.39 Å². The first-order chi connectivity index (χ1) is 10.2. The van der Waals surface area contributed by atoms with Gasteiger partial charge in [0.2, 0.25) is 0 Å². The van der Waals surface area contributed by atoms with E-state index in [2.05, 4.69) is 16.7 Å². The highest BCUT2D eigenvalue weighted by atomic mass is 19.1. The van der Waals surface area contributed by atoms with Gasteiger partial charge in [-0.05, 0) is 43.1 Å². The molecule has 1 atom stereocenters. The fourth-order valence-corrected chi connectivity index (χ4v) is 2.64. The summed E-state index contributed by atoms with van der Waals surface area (Å²) in [6.07, 6.45) is 2.88. The molecule has 1 fully saturated rings. The molecular weight excluding hydrogens is 269 g/mol. The highest BCUT2D eigenvalue weighted by Crippen LogP contribution is 2.17. The van der Waals surface area contributed by atoms with E-state index < -0.39 is 0 Å². The fourth-order valence-electron chi connectivity index (χ4n) is 2.64. The highest BCUT2D eigenvalue weighted by Gasteiger charge is 2.19. The maximum atomic E-state index is 13.7. The molecule has 1 unspecified atom stereocenters. The first-order valence-electron chi connectivity index (χ1n) is 7.35. The summed E-state index contributed by atoms with van der Waals surface area (Å²) in [7, 11) is 1.74. The van der Waals surface area contributed by atoms with Gasteiger partial charge in [0, 0.05) is 32.2 Å².